The van der Waals surface area contributed by atoms with Gasteiger partial charge in [-0.2, -0.15) is 16.1 Å². The van der Waals surface area contributed by atoms with Gasteiger partial charge < -0.3 is 10.4 Å². The normalized spacial score (nSPS) is 18.3. The van der Waals surface area contributed by atoms with Crippen LogP contribution in [0.25, 0.3) is 0 Å². The average molecular weight is 461 g/mol. The van der Waals surface area contributed by atoms with Crippen molar-refractivity contribution in [3.63, 3.8) is 0 Å². The Labute approximate surface area is 177 Å². The van der Waals surface area contributed by atoms with E-state index in [0.29, 0.717) is 5.75 Å². The maximum Gasteiger partial charge on any atom is 0.342 e. The van der Waals surface area contributed by atoms with Crippen LogP contribution in [0.5, 0.6) is 0 Å². The molecule has 10 heteroatoms. The van der Waals surface area contributed by atoms with E-state index in [-0.39, 0.29) is 27.2 Å². The molecule has 1 aliphatic heterocycles. The van der Waals surface area contributed by atoms with Crippen molar-refractivity contribution >= 4 is 56.6 Å². The number of fused-ring (bicyclic) bond motifs is 1. The molecule has 28 heavy (non-hydrogen) atoms. The van der Waals surface area contributed by atoms with Crippen molar-refractivity contribution in [3.05, 3.63) is 58.1 Å². The highest BCUT2D eigenvalue weighted by Gasteiger charge is 2.43. The molecule has 0 bridgehead atoms. The summed E-state index contributed by atoms with van der Waals surface area (Å²) in [5.74, 6) is -0.0340. The van der Waals surface area contributed by atoms with Crippen LogP contribution in [0.1, 0.15) is 5.56 Å². The highest BCUT2D eigenvalue weighted by atomic mass is 35.5. The summed E-state index contributed by atoms with van der Waals surface area (Å²) in [5, 5.41) is 12.4. The molecule has 0 spiro atoms. The molecular formula is C18H18Cl2N2O4S2. The van der Waals surface area contributed by atoms with Gasteiger partial charge in [-0.1, -0.05) is 53.5 Å². The monoisotopic (exact) mass is 460 g/mol. The Morgan fingerprint density at radius 1 is 1.18 bits per heavy atom. The van der Waals surface area contributed by atoms with E-state index in [0.717, 1.165) is 16.5 Å². The van der Waals surface area contributed by atoms with E-state index in [2.05, 4.69) is 5.32 Å². The maximum atomic E-state index is 13.0. The first-order valence-corrected chi connectivity index (χ1v) is 11.8. The van der Waals surface area contributed by atoms with Crippen molar-refractivity contribution in [1.82, 2.24) is 4.31 Å². The van der Waals surface area contributed by atoms with Gasteiger partial charge in [0.1, 0.15) is 4.90 Å². The summed E-state index contributed by atoms with van der Waals surface area (Å²) in [6.45, 7) is 0.0458. The molecule has 1 heterocycles. The predicted molar refractivity (Wildman–Crippen MR) is 113 cm³/mol. The lowest BCUT2D eigenvalue weighted by Gasteiger charge is -2.35. The van der Waals surface area contributed by atoms with Crippen molar-refractivity contribution in [2.45, 2.75) is 17.5 Å². The van der Waals surface area contributed by atoms with E-state index in [1.165, 1.54) is 17.7 Å². The van der Waals surface area contributed by atoms with E-state index in [1.807, 2.05) is 30.3 Å². The number of hydrogen-bond acceptors (Lipinski definition) is 5. The number of hydrogen-bond donors (Lipinski definition) is 2. The fourth-order valence-electron chi connectivity index (χ4n) is 2.93. The van der Waals surface area contributed by atoms with Gasteiger partial charge in [0, 0.05) is 17.3 Å². The molecule has 2 N–H and O–H groups in total. The third-order valence-corrected chi connectivity index (χ3v) is 7.78. The van der Waals surface area contributed by atoms with Crippen LogP contribution in [0.3, 0.4) is 0 Å². The zero-order valence-corrected chi connectivity index (χ0v) is 17.8. The molecule has 1 unspecified atom stereocenters. The second-order valence-electron chi connectivity index (χ2n) is 6.11. The molecule has 1 aliphatic rings. The number of benzene rings is 2. The lowest BCUT2D eigenvalue weighted by molar-refractivity contribution is -0.140. The standard InChI is InChI=1S/C18H18Cl2N2O4S2/c19-13-10-14(20)16-15(11-13)21-17(18(23)24)22(28(16,25)26)7-9-27-8-6-12-4-2-1-3-5-12/h1-5,10-11,17,21H,6-9H2,(H,23,24). The molecule has 0 saturated carbocycles. The summed E-state index contributed by atoms with van der Waals surface area (Å²) in [4.78, 5) is 11.5. The Bertz CT molecular complexity index is 971. The number of carboxylic acid groups (broad SMARTS) is 1. The van der Waals surface area contributed by atoms with Crippen molar-refractivity contribution in [3.8, 4) is 0 Å². The molecule has 2 aromatic rings. The van der Waals surface area contributed by atoms with Crippen LogP contribution in [-0.2, 0) is 21.2 Å². The number of carbonyl (C=O) groups is 1. The zero-order chi connectivity index (χ0) is 20.3. The fourth-order valence-corrected chi connectivity index (χ4v) is 6.43. The predicted octanol–water partition coefficient (Wildman–Crippen LogP) is 3.80. The second-order valence-corrected chi connectivity index (χ2v) is 10.0. The van der Waals surface area contributed by atoms with Crippen molar-refractivity contribution in [1.29, 1.82) is 0 Å². The van der Waals surface area contributed by atoms with Crippen molar-refractivity contribution in [2.75, 3.05) is 23.4 Å². The number of nitrogens with zero attached hydrogens (tertiary/aromatic N) is 1. The summed E-state index contributed by atoms with van der Waals surface area (Å²) >= 11 is 13.6. The van der Waals surface area contributed by atoms with E-state index in [4.69, 9.17) is 23.2 Å². The van der Waals surface area contributed by atoms with Gasteiger partial charge >= 0.3 is 5.97 Å². The summed E-state index contributed by atoms with van der Waals surface area (Å²) in [6, 6.07) is 12.6. The Morgan fingerprint density at radius 3 is 2.57 bits per heavy atom. The Kier molecular flexibility index (Phi) is 6.77. The molecule has 6 nitrogen and oxygen atoms in total. The fraction of sp³-hybridized carbons (Fsp3) is 0.278. The number of nitrogens with one attached hydrogen (secondary N) is 1. The molecule has 0 aliphatic carbocycles. The van der Waals surface area contributed by atoms with Crippen molar-refractivity contribution in [2.24, 2.45) is 0 Å². The van der Waals surface area contributed by atoms with Gasteiger partial charge in [0.15, 0.2) is 6.17 Å². The Hall–Kier alpha value is -1.45. The van der Waals surface area contributed by atoms with E-state index < -0.39 is 22.2 Å². The molecule has 150 valence electrons. The lowest BCUT2D eigenvalue weighted by Crippen LogP contribution is -2.53. The van der Waals surface area contributed by atoms with Gasteiger partial charge in [-0.05, 0) is 29.9 Å². The summed E-state index contributed by atoms with van der Waals surface area (Å²) in [5.41, 5.74) is 1.29. The van der Waals surface area contributed by atoms with Gasteiger partial charge in [-0.25, -0.2) is 13.2 Å². The van der Waals surface area contributed by atoms with Gasteiger partial charge in [-0.15, -0.1) is 0 Å². The third kappa shape index (κ3) is 4.58. The smallest absolute Gasteiger partial charge is 0.342 e. The lowest BCUT2D eigenvalue weighted by atomic mass is 10.2. The molecule has 0 radical (unpaired) electrons. The third-order valence-electron chi connectivity index (χ3n) is 4.22. The summed E-state index contributed by atoms with van der Waals surface area (Å²) in [6.07, 6.45) is -0.562. The maximum absolute atomic E-state index is 13.0. The number of carboxylic acids is 1. The largest absolute Gasteiger partial charge is 0.479 e. The molecule has 3 rings (SSSR count). The highest BCUT2D eigenvalue weighted by Crippen LogP contribution is 2.39. The number of aliphatic carboxylic acids is 1. The van der Waals surface area contributed by atoms with E-state index in [1.54, 1.807) is 11.8 Å². The van der Waals surface area contributed by atoms with Gasteiger partial charge in [0.05, 0.1) is 10.7 Å². The number of anilines is 1. The molecule has 0 aromatic heterocycles. The highest BCUT2D eigenvalue weighted by molar-refractivity contribution is 7.99. The topological polar surface area (TPSA) is 86.7 Å². The molecular weight excluding hydrogens is 443 g/mol. The van der Waals surface area contributed by atoms with Crippen molar-refractivity contribution < 1.29 is 18.3 Å². The number of thioether (sulfide) groups is 1. The van der Waals surface area contributed by atoms with E-state index >= 15 is 0 Å². The van der Waals surface area contributed by atoms with Crippen LogP contribution < -0.4 is 5.32 Å². The quantitative estimate of drug-likeness (QED) is 0.611. The molecule has 1 atom stereocenters. The van der Waals surface area contributed by atoms with Gasteiger partial charge in [-0.3, -0.25) is 0 Å². The SMILES string of the molecule is O=C(O)C1Nc2cc(Cl)cc(Cl)c2S(=O)(=O)N1CCSCCc1ccccc1. The summed E-state index contributed by atoms with van der Waals surface area (Å²) < 4.78 is 27.0. The van der Waals surface area contributed by atoms with Crippen LogP contribution in [0.15, 0.2) is 47.4 Å². The Balaban J connectivity index is 1.72. The minimum atomic E-state index is -4.08. The molecule has 2 aromatic carbocycles. The first-order valence-electron chi connectivity index (χ1n) is 8.42. The number of halogens is 2. The van der Waals surface area contributed by atoms with Crippen LogP contribution in [-0.4, -0.2) is 48.0 Å². The number of sulfonamides is 1. The van der Waals surface area contributed by atoms with Crippen LogP contribution in [0.2, 0.25) is 10.0 Å². The second kappa shape index (κ2) is 8.92. The van der Waals surface area contributed by atoms with Gasteiger partial charge in [0.25, 0.3) is 0 Å². The van der Waals surface area contributed by atoms with Gasteiger partial charge in [0.2, 0.25) is 10.0 Å². The minimum Gasteiger partial charge on any atom is -0.479 e. The zero-order valence-electron chi connectivity index (χ0n) is 14.6. The van der Waals surface area contributed by atoms with Crippen LogP contribution >= 0.6 is 35.0 Å². The number of aryl methyl sites for hydroxylation is 1. The molecule has 0 amide bonds. The van der Waals surface area contributed by atoms with E-state index in [9.17, 15) is 18.3 Å². The Morgan fingerprint density at radius 2 is 1.89 bits per heavy atom. The molecule has 0 saturated heterocycles. The minimum absolute atomic E-state index is 0.0411. The molecule has 0 fully saturated rings. The number of rotatable bonds is 7. The first-order chi connectivity index (χ1) is 13.3. The first kappa shape index (κ1) is 21.3. The summed E-state index contributed by atoms with van der Waals surface area (Å²) in [7, 11) is -4.08. The van der Waals surface area contributed by atoms with Crippen LogP contribution in [0.4, 0.5) is 5.69 Å². The van der Waals surface area contributed by atoms with Crippen LogP contribution in [0, 0.1) is 0 Å². The average Bonchev–Trinajstić information content (AvgIpc) is 2.62.